The molecule has 0 spiro atoms. The lowest BCUT2D eigenvalue weighted by molar-refractivity contribution is -0.142. The number of hydrogen-bond acceptors (Lipinski definition) is 5. The van der Waals surface area contributed by atoms with Crippen molar-refractivity contribution in [2.45, 2.75) is 24.9 Å². The first-order valence-corrected chi connectivity index (χ1v) is 6.49. The smallest absolute Gasteiger partial charge is 0.326 e. The molecule has 0 aliphatic rings. The van der Waals surface area contributed by atoms with Gasteiger partial charge in [-0.1, -0.05) is 12.1 Å². The molecule has 1 aromatic rings. The number of carboxylic acid groups (broad SMARTS) is 1. The van der Waals surface area contributed by atoms with Gasteiger partial charge >= 0.3 is 5.97 Å². The first-order chi connectivity index (χ1) is 9.93. The predicted molar refractivity (Wildman–Crippen MR) is 75.8 cm³/mol. The van der Waals surface area contributed by atoms with Crippen LogP contribution in [0.3, 0.4) is 0 Å². The van der Waals surface area contributed by atoms with Crippen LogP contribution in [0.15, 0.2) is 24.3 Å². The van der Waals surface area contributed by atoms with Crippen LogP contribution in [0.4, 0.5) is 0 Å². The quantitative estimate of drug-likeness (QED) is 0.530. The topological polar surface area (TPSA) is 122 Å². The van der Waals surface area contributed by atoms with Gasteiger partial charge in [0.25, 0.3) is 0 Å². The number of aromatic hydroxyl groups is 1. The fourth-order valence-electron chi connectivity index (χ4n) is 1.75. The van der Waals surface area contributed by atoms with Crippen molar-refractivity contribution in [3.8, 4) is 5.75 Å². The number of carboxylic acids is 1. The van der Waals surface area contributed by atoms with Gasteiger partial charge in [-0.3, -0.25) is 4.79 Å². The van der Waals surface area contributed by atoms with Crippen LogP contribution in [-0.2, 0) is 20.7 Å². The van der Waals surface area contributed by atoms with Crippen LogP contribution in [0.1, 0.15) is 12.0 Å². The van der Waals surface area contributed by atoms with Crippen LogP contribution in [-0.4, -0.2) is 47.9 Å². The Kier molecular flexibility index (Phi) is 6.64. The average molecular weight is 296 g/mol. The zero-order valence-corrected chi connectivity index (χ0v) is 11.8. The van der Waals surface area contributed by atoms with Gasteiger partial charge in [0, 0.05) is 20.1 Å². The standard InChI is InChI=1S/C14H20N2O5/c1-21-7-6-12(14(19)20)16-13(18)11(15)8-9-2-4-10(17)5-3-9/h2-5,11-12,17H,6-8,15H2,1H3,(H,16,18)(H,19,20). The highest BCUT2D eigenvalue weighted by molar-refractivity contribution is 5.86. The van der Waals surface area contributed by atoms with Crippen molar-refractivity contribution >= 4 is 11.9 Å². The Morgan fingerprint density at radius 1 is 1.33 bits per heavy atom. The molecule has 0 bridgehead atoms. The lowest BCUT2D eigenvalue weighted by Crippen LogP contribution is -2.49. The molecule has 2 atom stereocenters. The van der Waals surface area contributed by atoms with Gasteiger partial charge in [-0.25, -0.2) is 4.79 Å². The van der Waals surface area contributed by atoms with Crippen molar-refractivity contribution in [1.29, 1.82) is 0 Å². The molecule has 0 radical (unpaired) electrons. The van der Waals surface area contributed by atoms with E-state index in [2.05, 4.69) is 5.32 Å². The number of amides is 1. The van der Waals surface area contributed by atoms with E-state index in [0.29, 0.717) is 0 Å². The minimum absolute atomic E-state index is 0.127. The second-order valence-electron chi connectivity index (χ2n) is 4.66. The van der Waals surface area contributed by atoms with E-state index >= 15 is 0 Å². The molecule has 21 heavy (non-hydrogen) atoms. The van der Waals surface area contributed by atoms with E-state index in [0.717, 1.165) is 5.56 Å². The summed E-state index contributed by atoms with van der Waals surface area (Å²) >= 11 is 0. The summed E-state index contributed by atoms with van der Waals surface area (Å²) in [7, 11) is 1.46. The number of aliphatic carboxylic acids is 1. The molecule has 116 valence electrons. The second kappa shape index (κ2) is 8.23. The summed E-state index contributed by atoms with van der Waals surface area (Å²) in [6.45, 7) is 0.227. The number of ether oxygens (including phenoxy) is 1. The molecule has 5 N–H and O–H groups in total. The van der Waals surface area contributed by atoms with Crippen molar-refractivity contribution in [1.82, 2.24) is 5.32 Å². The Balaban J connectivity index is 2.56. The molecule has 1 aromatic carbocycles. The Morgan fingerprint density at radius 2 is 1.95 bits per heavy atom. The van der Waals surface area contributed by atoms with Crippen molar-refractivity contribution in [3.63, 3.8) is 0 Å². The van der Waals surface area contributed by atoms with Gasteiger partial charge in [0.15, 0.2) is 0 Å². The molecule has 7 nitrogen and oxygen atoms in total. The third kappa shape index (κ3) is 5.80. The predicted octanol–water partition coefficient (Wildman–Crippen LogP) is -0.132. The molecule has 0 aliphatic heterocycles. The molecule has 2 unspecified atom stereocenters. The molecule has 0 aliphatic carbocycles. The van der Waals surface area contributed by atoms with E-state index in [9.17, 15) is 14.7 Å². The molecule has 0 saturated carbocycles. The highest BCUT2D eigenvalue weighted by Gasteiger charge is 2.23. The Labute approximate surface area is 122 Å². The van der Waals surface area contributed by atoms with Crippen LogP contribution < -0.4 is 11.1 Å². The van der Waals surface area contributed by atoms with E-state index in [1.165, 1.54) is 19.2 Å². The zero-order valence-electron chi connectivity index (χ0n) is 11.8. The lowest BCUT2D eigenvalue weighted by Gasteiger charge is -2.17. The highest BCUT2D eigenvalue weighted by Crippen LogP contribution is 2.11. The minimum atomic E-state index is -1.13. The fraction of sp³-hybridized carbons (Fsp3) is 0.429. The average Bonchev–Trinajstić information content (AvgIpc) is 2.45. The van der Waals surface area contributed by atoms with Gasteiger partial charge in [0.1, 0.15) is 11.8 Å². The summed E-state index contributed by atoms with van der Waals surface area (Å²) in [5, 5.41) is 20.6. The molecule has 7 heteroatoms. The zero-order chi connectivity index (χ0) is 15.8. The molecule has 0 aromatic heterocycles. The number of methoxy groups -OCH3 is 1. The van der Waals surface area contributed by atoms with Gasteiger partial charge in [-0.05, 0) is 24.1 Å². The van der Waals surface area contributed by atoms with Crippen molar-refractivity contribution in [2.24, 2.45) is 5.73 Å². The van der Waals surface area contributed by atoms with Crippen molar-refractivity contribution < 1.29 is 24.5 Å². The maximum absolute atomic E-state index is 11.9. The summed E-state index contributed by atoms with van der Waals surface area (Å²) in [5.74, 6) is -1.54. The summed E-state index contributed by atoms with van der Waals surface area (Å²) in [4.78, 5) is 22.9. The summed E-state index contributed by atoms with van der Waals surface area (Å²) in [6, 6.07) is 4.42. The number of carbonyl (C=O) groups excluding carboxylic acids is 1. The number of carbonyl (C=O) groups is 2. The third-order valence-corrected chi connectivity index (χ3v) is 2.95. The fourth-order valence-corrected chi connectivity index (χ4v) is 1.75. The van der Waals surface area contributed by atoms with Crippen LogP contribution >= 0.6 is 0 Å². The Bertz CT molecular complexity index is 475. The lowest BCUT2D eigenvalue weighted by atomic mass is 10.1. The molecule has 1 amide bonds. The number of phenols is 1. The number of hydrogen-bond donors (Lipinski definition) is 4. The molecular weight excluding hydrogens is 276 g/mol. The normalized spacial score (nSPS) is 13.4. The van der Waals surface area contributed by atoms with Crippen LogP contribution in [0.2, 0.25) is 0 Å². The summed E-state index contributed by atoms with van der Waals surface area (Å²) < 4.78 is 4.80. The first kappa shape index (κ1) is 16.9. The molecule has 0 fully saturated rings. The van der Waals surface area contributed by atoms with E-state index in [4.69, 9.17) is 15.6 Å². The van der Waals surface area contributed by atoms with E-state index in [-0.39, 0.29) is 25.2 Å². The SMILES string of the molecule is COCCC(NC(=O)C(N)Cc1ccc(O)cc1)C(=O)O. The first-order valence-electron chi connectivity index (χ1n) is 6.49. The van der Waals surface area contributed by atoms with Crippen LogP contribution in [0.25, 0.3) is 0 Å². The van der Waals surface area contributed by atoms with Crippen molar-refractivity contribution in [2.75, 3.05) is 13.7 Å². The van der Waals surface area contributed by atoms with E-state index < -0.39 is 24.0 Å². The minimum Gasteiger partial charge on any atom is -0.508 e. The number of nitrogens with two attached hydrogens (primary N) is 1. The summed E-state index contributed by atoms with van der Waals surface area (Å²) in [6.07, 6.45) is 0.423. The number of rotatable bonds is 8. The van der Waals surface area contributed by atoms with E-state index in [1.807, 2.05) is 0 Å². The van der Waals surface area contributed by atoms with Gasteiger partial charge < -0.3 is 26.0 Å². The molecule has 1 rings (SSSR count). The molecule has 0 heterocycles. The van der Waals surface area contributed by atoms with Gasteiger partial charge in [-0.15, -0.1) is 0 Å². The highest BCUT2D eigenvalue weighted by atomic mass is 16.5. The largest absolute Gasteiger partial charge is 0.508 e. The second-order valence-corrected chi connectivity index (χ2v) is 4.66. The summed E-state index contributed by atoms with van der Waals surface area (Å²) in [5.41, 5.74) is 6.54. The van der Waals surface area contributed by atoms with Gasteiger partial charge in [-0.2, -0.15) is 0 Å². The number of nitrogens with one attached hydrogen (secondary N) is 1. The number of benzene rings is 1. The Hall–Kier alpha value is -2.12. The molecular formula is C14H20N2O5. The van der Waals surface area contributed by atoms with Gasteiger partial charge in [0.2, 0.25) is 5.91 Å². The Morgan fingerprint density at radius 3 is 2.48 bits per heavy atom. The van der Waals surface area contributed by atoms with Crippen LogP contribution in [0.5, 0.6) is 5.75 Å². The molecule has 0 saturated heterocycles. The number of phenolic OH excluding ortho intramolecular Hbond substituents is 1. The third-order valence-electron chi connectivity index (χ3n) is 2.95. The maximum Gasteiger partial charge on any atom is 0.326 e. The van der Waals surface area contributed by atoms with Crippen molar-refractivity contribution in [3.05, 3.63) is 29.8 Å². The monoisotopic (exact) mass is 296 g/mol. The van der Waals surface area contributed by atoms with Crippen LogP contribution in [0, 0.1) is 0 Å². The van der Waals surface area contributed by atoms with E-state index in [1.54, 1.807) is 12.1 Å². The maximum atomic E-state index is 11.9. The van der Waals surface area contributed by atoms with Gasteiger partial charge in [0.05, 0.1) is 6.04 Å².